The summed E-state index contributed by atoms with van der Waals surface area (Å²) in [6.07, 6.45) is 1.30. The lowest BCUT2D eigenvalue weighted by molar-refractivity contribution is -0.350. The standard InChI is InChI=1S/C6H6N4O3S/c7-6(14)9-8-5(10(11)12)4-2-1-3-13-4/h1-3H,(H3,7,9,14). The number of nitrogens with zero attached hydrogens (tertiary/aromatic N) is 2. The molecule has 1 aromatic rings. The largest absolute Gasteiger partial charge is 0.456 e. The second-order valence-corrected chi connectivity index (χ2v) is 2.59. The first kappa shape index (κ1) is 10.1. The van der Waals surface area contributed by atoms with Gasteiger partial charge in [-0.1, -0.05) is 0 Å². The van der Waals surface area contributed by atoms with Crippen molar-refractivity contribution in [1.29, 1.82) is 0 Å². The maximum Gasteiger partial charge on any atom is 0.430 e. The molecule has 7 nitrogen and oxygen atoms in total. The predicted octanol–water partition coefficient (Wildman–Crippen LogP) is 0.0511. The summed E-state index contributed by atoms with van der Waals surface area (Å²) in [7, 11) is 0. The minimum absolute atomic E-state index is 0.0266. The molecule has 0 aliphatic rings. The highest BCUT2D eigenvalue weighted by molar-refractivity contribution is 7.80. The van der Waals surface area contributed by atoms with Gasteiger partial charge in [0, 0.05) is 0 Å². The molecule has 1 rings (SSSR count). The molecule has 0 bridgehead atoms. The van der Waals surface area contributed by atoms with Gasteiger partial charge in [-0.05, 0) is 29.3 Å². The number of nitro groups is 1. The lowest BCUT2D eigenvalue weighted by Crippen LogP contribution is -2.27. The van der Waals surface area contributed by atoms with Gasteiger partial charge in [0.05, 0.1) is 11.4 Å². The quantitative estimate of drug-likeness (QED) is 0.237. The maximum absolute atomic E-state index is 10.5. The predicted molar refractivity (Wildman–Crippen MR) is 52.2 cm³/mol. The molecule has 0 spiro atoms. The van der Waals surface area contributed by atoms with Crippen molar-refractivity contribution in [2.24, 2.45) is 10.8 Å². The number of hydrazone groups is 1. The topological polar surface area (TPSA) is 107 Å². The van der Waals surface area contributed by atoms with Crippen molar-refractivity contribution in [1.82, 2.24) is 5.43 Å². The van der Waals surface area contributed by atoms with Gasteiger partial charge >= 0.3 is 5.84 Å². The fourth-order valence-corrected chi connectivity index (χ4v) is 0.745. The molecule has 0 aromatic carbocycles. The van der Waals surface area contributed by atoms with Crippen LogP contribution >= 0.6 is 12.2 Å². The zero-order valence-corrected chi connectivity index (χ0v) is 7.65. The summed E-state index contributed by atoms with van der Waals surface area (Å²) in [5.74, 6) is -0.457. The van der Waals surface area contributed by atoms with E-state index in [1.54, 1.807) is 0 Å². The lowest BCUT2D eigenvalue weighted by Gasteiger charge is -1.93. The molecule has 1 aromatic heterocycles. The van der Waals surface area contributed by atoms with Crippen LogP contribution in [0.15, 0.2) is 27.9 Å². The van der Waals surface area contributed by atoms with Crippen LogP contribution in [0.4, 0.5) is 0 Å². The number of hydrogen-bond donors (Lipinski definition) is 2. The molecule has 3 N–H and O–H groups in total. The molecule has 74 valence electrons. The van der Waals surface area contributed by atoms with Crippen LogP contribution in [0, 0.1) is 10.1 Å². The van der Waals surface area contributed by atoms with Crippen molar-refractivity contribution < 1.29 is 9.34 Å². The number of rotatable bonds is 2. The molecule has 14 heavy (non-hydrogen) atoms. The number of hydrogen-bond acceptors (Lipinski definition) is 5. The number of furan rings is 1. The summed E-state index contributed by atoms with van der Waals surface area (Å²) in [5.41, 5.74) is 7.17. The second-order valence-electron chi connectivity index (χ2n) is 2.15. The molecule has 0 saturated heterocycles. The van der Waals surface area contributed by atoms with Crippen LogP contribution in [-0.2, 0) is 0 Å². The third-order valence-corrected chi connectivity index (χ3v) is 1.28. The molecule has 0 aliphatic heterocycles. The van der Waals surface area contributed by atoms with E-state index in [0.29, 0.717) is 0 Å². The van der Waals surface area contributed by atoms with Gasteiger partial charge in [-0.25, -0.2) is 0 Å². The number of amidine groups is 1. The molecule has 0 unspecified atom stereocenters. The smallest absolute Gasteiger partial charge is 0.430 e. The fourth-order valence-electron chi connectivity index (χ4n) is 0.700. The molecular weight excluding hydrogens is 208 g/mol. The summed E-state index contributed by atoms with van der Waals surface area (Å²) in [4.78, 5) is 9.80. The van der Waals surface area contributed by atoms with E-state index in [0.717, 1.165) is 0 Å². The van der Waals surface area contributed by atoms with Gasteiger partial charge in [-0.15, -0.1) is 0 Å². The average molecular weight is 214 g/mol. The van der Waals surface area contributed by atoms with Crippen molar-refractivity contribution in [3.05, 3.63) is 34.3 Å². The van der Waals surface area contributed by atoms with Crippen molar-refractivity contribution in [3.8, 4) is 0 Å². The lowest BCUT2D eigenvalue weighted by atomic mass is 10.4. The van der Waals surface area contributed by atoms with E-state index < -0.39 is 10.8 Å². The van der Waals surface area contributed by atoms with Crippen LogP contribution in [0.5, 0.6) is 0 Å². The van der Waals surface area contributed by atoms with E-state index in [-0.39, 0.29) is 10.9 Å². The summed E-state index contributed by atoms with van der Waals surface area (Å²) in [6.45, 7) is 0. The summed E-state index contributed by atoms with van der Waals surface area (Å²) in [6, 6.07) is 2.91. The SMILES string of the molecule is NC(=S)NN=C(c1ccco1)[N+](=O)[O-]. The van der Waals surface area contributed by atoms with Crippen molar-refractivity contribution in [2.45, 2.75) is 0 Å². The van der Waals surface area contributed by atoms with E-state index in [1.165, 1.54) is 18.4 Å². The van der Waals surface area contributed by atoms with Crippen molar-refractivity contribution in [2.75, 3.05) is 0 Å². The Kier molecular flexibility index (Phi) is 3.13. The van der Waals surface area contributed by atoms with Crippen LogP contribution in [0.2, 0.25) is 0 Å². The fraction of sp³-hybridized carbons (Fsp3) is 0. The van der Waals surface area contributed by atoms with E-state index in [4.69, 9.17) is 10.2 Å². The van der Waals surface area contributed by atoms with Crippen molar-refractivity contribution >= 4 is 23.2 Å². The Labute approximate surface area is 83.7 Å². The van der Waals surface area contributed by atoms with Crippen LogP contribution in [0.25, 0.3) is 0 Å². The van der Waals surface area contributed by atoms with Crippen molar-refractivity contribution in [3.63, 3.8) is 0 Å². The molecule has 0 saturated carbocycles. The van der Waals surface area contributed by atoms with Gasteiger partial charge < -0.3 is 20.3 Å². The maximum atomic E-state index is 10.5. The highest BCUT2D eigenvalue weighted by atomic mass is 32.1. The van der Waals surface area contributed by atoms with Crippen LogP contribution in [0.3, 0.4) is 0 Å². The zero-order valence-electron chi connectivity index (χ0n) is 6.84. The first-order valence-electron chi connectivity index (χ1n) is 3.42. The van der Waals surface area contributed by atoms with Gasteiger partial charge in [0.1, 0.15) is 0 Å². The first-order valence-corrected chi connectivity index (χ1v) is 3.83. The molecule has 0 fully saturated rings. The molecule has 0 radical (unpaired) electrons. The zero-order chi connectivity index (χ0) is 10.6. The normalized spacial score (nSPS) is 11.0. The third kappa shape index (κ3) is 2.52. The van der Waals surface area contributed by atoms with Gasteiger partial charge in [0.15, 0.2) is 0 Å². The third-order valence-electron chi connectivity index (χ3n) is 1.19. The monoisotopic (exact) mass is 214 g/mol. The van der Waals surface area contributed by atoms with Gasteiger partial charge in [-0.2, -0.15) is 5.43 Å². The van der Waals surface area contributed by atoms with E-state index in [2.05, 4.69) is 22.7 Å². The van der Waals surface area contributed by atoms with Crippen LogP contribution < -0.4 is 11.2 Å². The molecule has 0 amide bonds. The van der Waals surface area contributed by atoms with Crippen LogP contribution in [0.1, 0.15) is 5.76 Å². The van der Waals surface area contributed by atoms with Gasteiger partial charge in [-0.3, -0.25) is 0 Å². The van der Waals surface area contributed by atoms with Gasteiger partial charge in [0.2, 0.25) is 10.9 Å². The molecule has 0 atom stereocenters. The second kappa shape index (κ2) is 4.33. The highest BCUT2D eigenvalue weighted by Gasteiger charge is 2.19. The van der Waals surface area contributed by atoms with Gasteiger partial charge in [0.25, 0.3) is 0 Å². The number of nitrogens with two attached hydrogens (primary N) is 1. The average Bonchev–Trinajstić information content (AvgIpc) is 2.56. The Morgan fingerprint density at radius 3 is 2.93 bits per heavy atom. The highest BCUT2D eigenvalue weighted by Crippen LogP contribution is 2.02. The number of nitrogens with one attached hydrogen (secondary N) is 1. The Hall–Kier alpha value is -1.96. The van der Waals surface area contributed by atoms with Crippen LogP contribution in [-0.4, -0.2) is 15.9 Å². The summed E-state index contributed by atoms with van der Waals surface area (Å²) < 4.78 is 4.79. The molecule has 8 heteroatoms. The first-order chi connectivity index (χ1) is 6.61. The van der Waals surface area contributed by atoms with E-state index >= 15 is 0 Å². The molecule has 0 aliphatic carbocycles. The van der Waals surface area contributed by atoms with E-state index in [1.807, 2.05) is 0 Å². The van der Waals surface area contributed by atoms with E-state index in [9.17, 15) is 10.1 Å². The Balaban J connectivity index is 2.91. The minimum Gasteiger partial charge on any atom is -0.456 e. The molecular formula is C6H6N4O3S. The number of thiocarbonyl (C=S) groups is 1. The Morgan fingerprint density at radius 2 is 2.50 bits per heavy atom. The minimum atomic E-state index is -0.704. The summed E-state index contributed by atoms with van der Waals surface area (Å²) >= 11 is 4.44. The Bertz CT molecular complexity index is 372. The molecule has 1 heterocycles. The Morgan fingerprint density at radius 1 is 1.79 bits per heavy atom. The summed E-state index contributed by atoms with van der Waals surface area (Å²) in [5, 5.41) is 13.7.